The molecule has 0 aliphatic heterocycles. The molecular weight excluding hydrogens is 318 g/mol. The van der Waals surface area contributed by atoms with Crippen LogP contribution in [-0.4, -0.2) is 29.1 Å². The summed E-state index contributed by atoms with van der Waals surface area (Å²) < 4.78 is 7.24. The van der Waals surface area contributed by atoms with Gasteiger partial charge in [0.2, 0.25) is 0 Å². The number of nitrogens with zero attached hydrogens (tertiary/aromatic N) is 2. The zero-order chi connectivity index (χ0) is 19.1. The Morgan fingerprint density at radius 3 is 2.52 bits per heavy atom. The van der Waals surface area contributed by atoms with Gasteiger partial charge in [-0.25, -0.2) is 4.79 Å². The van der Waals surface area contributed by atoms with Crippen LogP contribution in [0.4, 0.5) is 0 Å². The van der Waals surface area contributed by atoms with Crippen molar-refractivity contribution in [3.05, 3.63) is 28.6 Å². The summed E-state index contributed by atoms with van der Waals surface area (Å²) >= 11 is 0. The van der Waals surface area contributed by atoms with Crippen LogP contribution in [-0.2, 0) is 20.9 Å². The molecule has 1 N–H and O–H groups in total. The summed E-state index contributed by atoms with van der Waals surface area (Å²) in [6, 6.07) is 3.81. The van der Waals surface area contributed by atoms with Gasteiger partial charge in [-0.15, -0.1) is 0 Å². The van der Waals surface area contributed by atoms with E-state index in [2.05, 4.69) is 23.7 Å². The third kappa shape index (κ3) is 5.49. The predicted octanol–water partition coefficient (Wildman–Crippen LogP) is 2.74. The van der Waals surface area contributed by atoms with Crippen LogP contribution < -0.4 is 5.32 Å². The highest BCUT2D eigenvalue weighted by molar-refractivity contribution is 5.99. The molecule has 1 heterocycles. The van der Waals surface area contributed by atoms with Crippen molar-refractivity contribution in [1.82, 2.24) is 9.88 Å². The molecule has 1 aromatic rings. The van der Waals surface area contributed by atoms with E-state index in [9.17, 15) is 14.9 Å². The quantitative estimate of drug-likeness (QED) is 0.468. The standard InChI is InChI=1S/C19H27N3O3/c1-7-21-18(23)15(6)25-19(24)17(10-20)9-16-8-13(4)22(14(16)5)11-12(2)3/h8-9,12,15H,7,11H2,1-6H3,(H,21,23)/b17-9+/t15-/m1/s1. The Kier molecular flexibility index (Phi) is 7.43. The minimum absolute atomic E-state index is 0.124. The van der Waals surface area contributed by atoms with Crippen molar-refractivity contribution < 1.29 is 14.3 Å². The van der Waals surface area contributed by atoms with Crippen LogP contribution in [0.2, 0.25) is 0 Å². The van der Waals surface area contributed by atoms with E-state index >= 15 is 0 Å². The molecule has 0 aliphatic rings. The Labute approximate surface area is 149 Å². The minimum Gasteiger partial charge on any atom is -0.448 e. The van der Waals surface area contributed by atoms with Gasteiger partial charge in [-0.3, -0.25) is 4.79 Å². The molecule has 0 unspecified atom stereocenters. The van der Waals surface area contributed by atoms with Crippen LogP contribution in [0.3, 0.4) is 0 Å². The van der Waals surface area contributed by atoms with Crippen LogP contribution >= 0.6 is 0 Å². The largest absolute Gasteiger partial charge is 0.448 e. The molecule has 0 fully saturated rings. The van der Waals surface area contributed by atoms with Gasteiger partial charge in [0.1, 0.15) is 11.6 Å². The molecule has 0 bridgehead atoms. The van der Waals surface area contributed by atoms with E-state index in [0.717, 1.165) is 23.5 Å². The van der Waals surface area contributed by atoms with Gasteiger partial charge in [0.25, 0.3) is 5.91 Å². The molecule has 0 radical (unpaired) electrons. The Hall–Kier alpha value is -2.55. The van der Waals surface area contributed by atoms with E-state index < -0.39 is 12.1 Å². The summed E-state index contributed by atoms with van der Waals surface area (Å²) in [5.74, 6) is -0.696. The molecule has 6 heteroatoms. The maximum atomic E-state index is 12.2. The fourth-order valence-corrected chi connectivity index (χ4v) is 2.51. The zero-order valence-electron chi connectivity index (χ0n) is 15.8. The van der Waals surface area contributed by atoms with Gasteiger partial charge in [-0.05, 0) is 51.3 Å². The van der Waals surface area contributed by atoms with E-state index in [-0.39, 0.29) is 11.5 Å². The van der Waals surface area contributed by atoms with Crippen molar-refractivity contribution in [2.45, 2.75) is 54.2 Å². The van der Waals surface area contributed by atoms with E-state index in [1.165, 1.54) is 13.0 Å². The summed E-state index contributed by atoms with van der Waals surface area (Å²) in [7, 11) is 0. The fraction of sp³-hybridized carbons (Fsp3) is 0.526. The number of aromatic nitrogens is 1. The van der Waals surface area contributed by atoms with Crippen LogP contribution in [0.1, 0.15) is 44.6 Å². The Morgan fingerprint density at radius 2 is 2.00 bits per heavy atom. The average Bonchev–Trinajstić information content (AvgIpc) is 2.79. The number of hydrogen-bond donors (Lipinski definition) is 1. The lowest BCUT2D eigenvalue weighted by molar-refractivity contribution is -0.150. The molecule has 0 aliphatic carbocycles. The van der Waals surface area contributed by atoms with E-state index in [4.69, 9.17) is 4.74 Å². The van der Waals surface area contributed by atoms with Gasteiger partial charge in [0, 0.05) is 24.5 Å². The van der Waals surface area contributed by atoms with Gasteiger partial charge >= 0.3 is 5.97 Å². The lowest BCUT2D eigenvalue weighted by Gasteiger charge is -2.12. The minimum atomic E-state index is -0.947. The number of esters is 1. The van der Waals surface area contributed by atoms with Gasteiger partial charge in [-0.1, -0.05) is 13.8 Å². The lowest BCUT2D eigenvalue weighted by Crippen LogP contribution is -2.35. The van der Waals surface area contributed by atoms with Crippen molar-refractivity contribution in [3.63, 3.8) is 0 Å². The summed E-state index contributed by atoms with van der Waals surface area (Å²) in [5, 5.41) is 11.9. The number of aryl methyl sites for hydroxylation is 1. The number of ether oxygens (including phenoxy) is 1. The first-order chi connectivity index (χ1) is 11.7. The van der Waals surface area contributed by atoms with Crippen LogP contribution in [0.5, 0.6) is 0 Å². The number of likely N-dealkylation sites (N-methyl/N-ethyl adjacent to an activating group) is 1. The molecule has 0 aromatic carbocycles. The third-order valence-corrected chi connectivity index (χ3v) is 3.80. The Balaban J connectivity index is 3.02. The molecule has 1 aromatic heterocycles. The molecule has 25 heavy (non-hydrogen) atoms. The molecule has 136 valence electrons. The van der Waals surface area contributed by atoms with E-state index in [1.807, 2.05) is 26.0 Å². The van der Waals surface area contributed by atoms with E-state index in [1.54, 1.807) is 6.92 Å². The summed E-state index contributed by atoms with van der Waals surface area (Å²) in [4.78, 5) is 23.8. The average molecular weight is 345 g/mol. The fourth-order valence-electron chi connectivity index (χ4n) is 2.51. The third-order valence-electron chi connectivity index (χ3n) is 3.80. The lowest BCUT2D eigenvalue weighted by atomic mass is 10.1. The number of carbonyl (C=O) groups excluding carboxylic acids is 2. The first-order valence-electron chi connectivity index (χ1n) is 8.48. The SMILES string of the molecule is CCNC(=O)[C@@H](C)OC(=O)/C(C#N)=C/c1cc(C)n(CC(C)C)c1C. The number of nitrogens with one attached hydrogen (secondary N) is 1. The summed E-state index contributed by atoms with van der Waals surface area (Å²) in [6.07, 6.45) is 0.573. The highest BCUT2D eigenvalue weighted by atomic mass is 16.5. The predicted molar refractivity (Wildman–Crippen MR) is 96.6 cm³/mol. The van der Waals surface area contributed by atoms with Gasteiger partial charge in [0.15, 0.2) is 6.10 Å². The number of nitriles is 1. The monoisotopic (exact) mass is 345 g/mol. The number of carbonyl (C=O) groups is 2. The molecular formula is C19H27N3O3. The molecule has 1 rings (SSSR count). The Bertz CT molecular complexity index is 708. The number of rotatable bonds is 7. The van der Waals surface area contributed by atoms with Gasteiger partial charge in [0.05, 0.1) is 0 Å². The second-order valence-corrected chi connectivity index (χ2v) is 6.44. The van der Waals surface area contributed by atoms with Crippen molar-refractivity contribution in [2.75, 3.05) is 6.54 Å². The number of hydrogen-bond acceptors (Lipinski definition) is 4. The summed E-state index contributed by atoms with van der Waals surface area (Å²) in [5.41, 5.74) is 2.74. The normalized spacial score (nSPS) is 12.6. The van der Waals surface area contributed by atoms with Crippen molar-refractivity contribution in [2.24, 2.45) is 5.92 Å². The molecule has 6 nitrogen and oxygen atoms in total. The van der Waals surface area contributed by atoms with Crippen LogP contribution in [0.15, 0.2) is 11.6 Å². The smallest absolute Gasteiger partial charge is 0.349 e. The van der Waals surface area contributed by atoms with Crippen molar-refractivity contribution in [3.8, 4) is 6.07 Å². The Morgan fingerprint density at radius 1 is 1.36 bits per heavy atom. The molecule has 0 saturated heterocycles. The summed E-state index contributed by atoms with van der Waals surface area (Å²) in [6.45, 7) is 12.8. The number of amides is 1. The van der Waals surface area contributed by atoms with Crippen LogP contribution in [0.25, 0.3) is 6.08 Å². The van der Waals surface area contributed by atoms with Gasteiger partial charge < -0.3 is 14.6 Å². The molecule has 1 atom stereocenters. The first-order valence-corrected chi connectivity index (χ1v) is 8.48. The molecule has 1 amide bonds. The van der Waals surface area contributed by atoms with Crippen molar-refractivity contribution >= 4 is 18.0 Å². The first kappa shape index (κ1) is 20.5. The zero-order valence-corrected chi connectivity index (χ0v) is 15.8. The molecule has 0 saturated carbocycles. The highest BCUT2D eigenvalue weighted by Crippen LogP contribution is 2.20. The topological polar surface area (TPSA) is 84.1 Å². The van der Waals surface area contributed by atoms with E-state index in [0.29, 0.717) is 12.5 Å². The maximum Gasteiger partial charge on any atom is 0.349 e. The highest BCUT2D eigenvalue weighted by Gasteiger charge is 2.20. The second kappa shape index (κ2) is 9.07. The maximum absolute atomic E-state index is 12.2. The second-order valence-electron chi connectivity index (χ2n) is 6.44. The van der Waals surface area contributed by atoms with Gasteiger partial charge in [-0.2, -0.15) is 5.26 Å². The van der Waals surface area contributed by atoms with Crippen molar-refractivity contribution in [1.29, 1.82) is 5.26 Å². The molecule has 0 spiro atoms. The van der Waals surface area contributed by atoms with Crippen LogP contribution in [0, 0.1) is 31.1 Å².